The first-order valence-corrected chi connectivity index (χ1v) is 6.20. The van der Waals surface area contributed by atoms with Crippen molar-refractivity contribution in [3.05, 3.63) is 34.9 Å². The lowest BCUT2D eigenvalue weighted by Crippen LogP contribution is -2.37. The zero-order valence-electron chi connectivity index (χ0n) is 11.3. The van der Waals surface area contributed by atoms with E-state index in [1.807, 2.05) is 26.0 Å². The van der Waals surface area contributed by atoms with Crippen molar-refractivity contribution in [3.8, 4) is 0 Å². The second-order valence-corrected chi connectivity index (χ2v) is 4.71. The summed E-state index contributed by atoms with van der Waals surface area (Å²) in [5.74, 6) is -1.45. The SMILES string of the molecule is Cc1ccc(CN[C@@H](CCC(N)=O)C(=O)O)c(C)c1. The van der Waals surface area contributed by atoms with Crippen LogP contribution in [0.2, 0.25) is 0 Å². The first kappa shape index (κ1) is 15.2. The number of rotatable bonds is 7. The van der Waals surface area contributed by atoms with Crippen LogP contribution in [-0.2, 0) is 16.1 Å². The van der Waals surface area contributed by atoms with E-state index in [0.717, 1.165) is 11.1 Å². The van der Waals surface area contributed by atoms with Gasteiger partial charge in [0.1, 0.15) is 6.04 Å². The second-order valence-electron chi connectivity index (χ2n) is 4.71. The number of aliphatic carboxylic acids is 1. The van der Waals surface area contributed by atoms with E-state index in [2.05, 4.69) is 11.4 Å². The third kappa shape index (κ3) is 5.09. The summed E-state index contributed by atoms with van der Waals surface area (Å²) in [7, 11) is 0. The van der Waals surface area contributed by atoms with Crippen LogP contribution in [0.4, 0.5) is 0 Å². The van der Waals surface area contributed by atoms with Gasteiger partial charge < -0.3 is 16.2 Å². The van der Waals surface area contributed by atoms with Crippen molar-refractivity contribution in [2.24, 2.45) is 5.73 Å². The summed E-state index contributed by atoms with van der Waals surface area (Å²) in [5, 5.41) is 12.0. The van der Waals surface area contributed by atoms with Gasteiger partial charge in [0.15, 0.2) is 0 Å². The Kier molecular flexibility index (Phi) is 5.51. The quantitative estimate of drug-likeness (QED) is 0.688. The molecule has 1 amide bonds. The summed E-state index contributed by atoms with van der Waals surface area (Å²) in [6.07, 6.45) is 0.270. The molecule has 0 aliphatic heterocycles. The van der Waals surface area contributed by atoms with E-state index in [4.69, 9.17) is 10.8 Å². The molecule has 0 aromatic heterocycles. The van der Waals surface area contributed by atoms with Gasteiger partial charge in [-0.25, -0.2) is 0 Å². The number of carbonyl (C=O) groups excluding carboxylic acids is 1. The number of nitrogens with two attached hydrogens (primary N) is 1. The molecule has 0 fully saturated rings. The summed E-state index contributed by atoms with van der Waals surface area (Å²) in [6, 6.07) is 5.26. The Bertz CT molecular complexity index is 472. The minimum Gasteiger partial charge on any atom is -0.480 e. The predicted molar refractivity (Wildman–Crippen MR) is 72.6 cm³/mol. The maximum atomic E-state index is 11.1. The summed E-state index contributed by atoms with van der Waals surface area (Å²) in [6.45, 7) is 4.46. The number of nitrogens with one attached hydrogen (secondary N) is 1. The second kappa shape index (κ2) is 6.89. The Labute approximate surface area is 112 Å². The fourth-order valence-corrected chi connectivity index (χ4v) is 1.88. The molecule has 0 aliphatic rings. The molecule has 1 aromatic carbocycles. The molecular weight excluding hydrogens is 244 g/mol. The zero-order valence-corrected chi connectivity index (χ0v) is 11.3. The minimum atomic E-state index is -0.967. The molecule has 1 aromatic rings. The van der Waals surface area contributed by atoms with Gasteiger partial charge >= 0.3 is 5.97 Å². The number of hydrogen-bond donors (Lipinski definition) is 3. The number of hydrogen-bond acceptors (Lipinski definition) is 3. The van der Waals surface area contributed by atoms with Crippen LogP contribution in [0.3, 0.4) is 0 Å². The average molecular weight is 264 g/mol. The highest BCUT2D eigenvalue weighted by molar-refractivity contribution is 5.77. The molecule has 1 rings (SSSR count). The van der Waals surface area contributed by atoms with Gasteiger partial charge in [-0.3, -0.25) is 9.59 Å². The van der Waals surface area contributed by atoms with Crippen molar-refractivity contribution < 1.29 is 14.7 Å². The molecule has 0 saturated heterocycles. The van der Waals surface area contributed by atoms with Crippen LogP contribution in [0.15, 0.2) is 18.2 Å². The smallest absolute Gasteiger partial charge is 0.320 e. The molecule has 19 heavy (non-hydrogen) atoms. The molecule has 0 radical (unpaired) electrons. The predicted octanol–water partition coefficient (Wildman–Crippen LogP) is 1.11. The molecule has 5 nitrogen and oxygen atoms in total. The maximum Gasteiger partial charge on any atom is 0.320 e. The Balaban J connectivity index is 2.60. The van der Waals surface area contributed by atoms with E-state index in [1.54, 1.807) is 0 Å². The van der Waals surface area contributed by atoms with E-state index in [0.29, 0.717) is 6.54 Å². The lowest BCUT2D eigenvalue weighted by atomic mass is 10.0. The fraction of sp³-hybridized carbons (Fsp3) is 0.429. The Morgan fingerprint density at radius 2 is 2.05 bits per heavy atom. The van der Waals surface area contributed by atoms with Gasteiger partial charge in [0.25, 0.3) is 0 Å². The van der Waals surface area contributed by atoms with Gasteiger partial charge in [0, 0.05) is 13.0 Å². The third-order valence-corrected chi connectivity index (χ3v) is 3.01. The normalized spacial score (nSPS) is 12.1. The van der Waals surface area contributed by atoms with E-state index in [9.17, 15) is 9.59 Å². The topological polar surface area (TPSA) is 92.4 Å². The van der Waals surface area contributed by atoms with Crippen molar-refractivity contribution in [2.75, 3.05) is 0 Å². The number of primary amides is 1. The number of benzene rings is 1. The first-order chi connectivity index (χ1) is 8.90. The third-order valence-electron chi connectivity index (χ3n) is 3.01. The van der Waals surface area contributed by atoms with Crippen LogP contribution in [0.1, 0.15) is 29.5 Å². The van der Waals surface area contributed by atoms with Crippen molar-refractivity contribution in [1.82, 2.24) is 5.32 Å². The highest BCUT2D eigenvalue weighted by Gasteiger charge is 2.17. The maximum absolute atomic E-state index is 11.1. The average Bonchev–Trinajstić information content (AvgIpc) is 2.30. The summed E-state index contributed by atoms with van der Waals surface area (Å²) in [4.78, 5) is 21.8. The highest BCUT2D eigenvalue weighted by atomic mass is 16.4. The molecule has 5 heteroatoms. The molecule has 0 bridgehead atoms. The standard InChI is InChI=1S/C14H20N2O3/c1-9-3-4-11(10(2)7-9)8-16-12(14(18)19)5-6-13(15)17/h3-4,7,12,16H,5-6,8H2,1-2H3,(H2,15,17)(H,18,19)/t12-/m0/s1. The van der Waals surface area contributed by atoms with Crippen LogP contribution < -0.4 is 11.1 Å². The van der Waals surface area contributed by atoms with Crippen LogP contribution in [0.25, 0.3) is 0 Å². The highest BCUT2D eigenvalue weighted by Crippen LogP contribution is 2.11. The van der Waals surface area contributed by atoms with Gasteiger partial charge in [-0.15, -0.1) is 0 Å². The number of amides is 1. The Morgan fingerprint density at radius 3 is 2.58 bits per heavy atom. The van der Waals surface area contributed by atoms with Crippen LogP contribution in [0.5, 0.6) is 0 Å². The summed E-state index contributed by atoms with van der Waals surface area (Å²) < 4.78 is 0. The molecule has 0 unspecified atom stereocenters. The first-order valence-electron chi connectivity index (χ1n) is 6.20. The summed E-state index contributed by atoms with van der Waals surface area (Å²) >= 11 is 0. The fourth-order valence-electron chi connectivity index (χ4n) is 1.88. The van der Waals surface area contributed by atoms with Gasteiger partial charge in [-0.05, 0) is 31.4 Å². The number of carboxylic acid groups (broad SMARTS) is 1. The van der Waals surface area contributed by atoms with Gasteiger partial charge in [0.05, 0.1) is 0 Å². The number of aryl methyl sites for hydroxylation is 2. The van der Waals surface area contributed by atoms with E-state index >= 15 is 0 Å². The molecular formula is C14H20N2O3. The van der Waals surface area contributed by atoms with Crippen molar-refractivity contribution in [3.63, 3.8) is 0 Å². The van der Waals surface area contributed by atoms with E-state index in [1.165, 1.54) is 5.56 Å². The zero-order chi connectivity index (χ0) is 14.4. The van der Waals surface area contributed by atoms with Crippen LogP contribution in [-0.4, -0.2) is 23.0 Å². The lowest BCUT2D eigenvalue weighted by molar-refractivity contribution is -0.139. The van der Waals surface area contributed by atoms with Gasteiger partial charge in [-0.1, -0.05) is 23.8 Å². The number of carbonyl (C=O) groups is 2. The minimum absolute atomic E-state index is 0.0663. The molecule has 0 saturated carbocycles. The van der Waals surface area contributed by atoms with Crippen LogP contribution >= 0.6 is 0 Å². The van der Waals surface area contributed by atoms with Gasteiger partial charge in [-0.2, -0.15) is 0 Å². The molecule has 104 valence electrons. The lowest BCUT2D eigenvalue weighted by Gasteiger charge is -2.15. The van der Waals surface area contributed by atoms with Gasteiger partial charge in [0.2, 0.25) is 5.91 Å². The van der Waals surface area contributed by atoms with Crippen LogP contribution in [0, 0.1) is 13.8 Å². The van der Waals surface area contributed by atoms with E-state index < -0.39 is 17.9 Å². The van der Waals surface area contributed by atoms with Crippen molar-refractivity contribution >= 4 is 11.9 Å². The van der Waals surface area contributed by atoms with Crippen molar-refractivity contribution in [1.29, 1.82) is 0 Å². The molecule has 0 spiro atoms. The largest absolute Gasteiger partial charge is 0.480 e. The molecule has 0 heterocycles. The molecule has 0 aliphatic carbocycles. The number of carboxylic acids is 1. The monoisotopic (exact) mass is 264 g/mol. The Hall–Kier alpha value is -1.88. The molecule has 4 N–H and O–H groups in total. The Morgan fingerprint density at radius 1 is 1.37 bits per heavy atom. The summed E-state index contributed by atoms with van der Waals surface area (Å²) in [5.41, 5.74) is 8.37. The van der Waals surface area contributed by atoms with E-state index in [-0.39, 0.29) is 12.8 Å². The molecule has 1 atom stereocenters. The van der Waals surface area contributed by atoms with Crippen molar-refractivity contribution in [2.45, 2.75) is 39.3 Å².